The van der Waals surface area contributed by atoms with Crippen molar-refractivity contribution in [1.29, 1.82) is 0 Å². The highest BCUT2D eigenvalue weighted by atomic mass is 32.1. The van der Waals surface area contributed by atoms with Crippen molar-refractivity contribution in [3.05, 3.63) is 41.0 Å². The Balaban J connectivity index is 1.52. The van der Waals surface area contributed by atoms with Crippen LogP contribution in [0.3, 0.4) is 0 Å². The number of carbonyl (C=O) groups excluding carboxylic acids is 1. The molecule has 2 amide bonds. The van der Waals surface area contributed by atoms with Crippen molar-refractivity contribution < 1.29 is 4.79 Å². The number of thiophene rings is 1. The average molecular weight is 389 g/mol. The summed E-state index contributed by atoms with van der Waals surface area (Å²) in [4.78, 5) is 27.6. The lowest BCUT2D eigenvalue weighted by Gasteiger charge is -2.36. The molecule has 1 aliphatic heterocycles. The van der Waals surface area contributed by atoms with Crippen LogP contribution in [0.1, 0.15) is 25.5 Å². The Kier molecular flexibility index (Phi) is 7.00. The fourth-order valence-electron chi connectivity index (χ4n) is 3.48. The van der Waals surface area contributed by atoms with Gasteiger partial charge in [0.2, 0.25) is 0 Å². The molecule has 8 heteroatoms. The van der Waals surface area contributed by atoms with E-state index in [0.29, 0.717) is 19.6 Å². The largest absolute Gasteiger partial charge is 0.352 e. The third-order valence-electron chi connectivity index (χ3n) is 5.07. The molecule has 0 spiro atoms. The smallest absolute Gasteiger partial charge is 0.317 e. The molecule has 0 aliphatic carbocycles. The lowest BCUT2D eigenvalue weighted by molar-refractivity contribution is 0.180. The van der Waals surface area contributed by atoms with Crippen LogP contribution in [0.5, 0.6) is 0 Å². The van der Waals surface area contributed by atoms with Gasteiger partial charge in [-0.1, -0.05) is 13.8 Å². The number of hydrogen-bond acceptors (Lipinski definition) is 6. The van der Waals surface area contributed by atoms with Crippen LogP contribution in [0.15, 0.2) is 35.4 Å². The maximum absolute atomic E-state index is 12.7. The first-order chi connectivity index (χ1) is 13.2. The number of urea groups is 1. The Bertz CT molecular complexity index is 683. The van der Waals surface area contributed by atoms with Gasteiger partial charge in [-0.2, -0.15) is 11.3 Å². The zero-order valence-electron chi connectivity index (χ0n) is 16.0. The van der Waals surface area contributed by atoms with Gasteiger partial charge < -0.3 is 15.1 Å². The van der Waals surface area contributed by atoms with E-state index in [1.165, 1.54) is 5.56 Å². The molecule has 1 fully saturated rings. The van der Waals surface area contributed by atoms with Crippen LogP contribution >= 0.6 is 11.3 Å². The number of nitrogens with one attached hydrogen (secondary N) is 1. The van der Waals surface area contributed by atoms with Crippen LogP contribution in [0.25, 0.3) is 0 Å². The Morgan fingerprint density at radius 2 is 2.04 bits per heavy atom. The molecule has 1 atom stereocenters. The predicted molar refractivity (Wildman–Crippen MR) is 109 cm³/mol. The molecule has 1 saturated heterocycles. The maximum atomic E-state index is 12.7. The molecule has 27 heavy (non-hydrogen) atoms. The minimum Gasteiger partial charge on any atom is -0.352 e. The second-order valence-corrected chi connectivity index (χ2v) is 7.30. The normalized spacial score (nSPS) is 15.8. The van der Waals surface area contributed by atoms with E-state index < -0.39 is 0 Å². The molecule has 1 aliphatic rings. The molecule has 0 unspecified atom stereocenters. The summed E-state index contributed by atoms with van der Waals surface area (Å²) in [7, 11) is 0. The summed E-state index contributed by atoms with van der Waals surface area (Å²) in [6.07, 6.45) is 5.14. The number of nitrogens with zero attached hydrogens (tertiary/aromatic N) is 5. The first-order valence-electron chi connectivity index (χ1n) is 9.52. The van der Waals surface area contributed by atoms with Crippen LogP contribution < -0.4 is 10.2 Å². The van der Waals surface area contributed by atoms with Gasteiger partial charge in [0.15, 0.2) is 0 Å². The Morgan fingerprint density at radius 1 is 1.26 bits per heavy atom. The summed E-state index contributed by atoms with van der Waals surface area (Å²) in [5.41, 5.74) is 1.27. The second kappa shape index (κ2) is 9.66. The van der Waals surface area contributed by atoms with Gasteiger partial charge in [0.25, 0.3) is 0 Å². The minimum absolute atomic E-state index is 0.0150. The van der Waals surface area contributed by atoms with Crippen molar-refractivity contribution in [3.8, 4) is 0 Å². The van der Waals surface area contributed by atoms with Gasteiger partial charge in [-0.05, 0) is 35.5 Å². The molecule has 3 rings (SSSR count). The fourth-order valence-corrected chi connectivity index (χ4v) is 4.18. The van der Waals surface area contributed by atoms with Crippen molar-refractivity contribution in [3.63, 3.8) is 0 Å². The molecular formula is C19H28N6OS. The van der Waals surface area contributed by atoms with E-state index in [0.717, 1.165) is 32.0 Å². The monoisotopic (exact) mass is 388 g/mol. The first-order valence-corrected chi connectivity index (χ1v) is 10.5. The zero-order chi connectivity index (χ0) is 19.1. The van der Waals surface area contributed by atoms with Gasteiger partial charge >= 0.3 is 6.03 Å². The van der Waals surface area contributed by atoms with Gasteiger partial charge in [-0.25, -0.2) is 9.78 Å². The molecule has 1 N–H and O–H groups in total. The van der Waals surface area contributed by atoms with Crippen LogP contribution in [-0.4, -0.2) is 71.6 Å². The molecular weight excluding hydrogens is 360 g/mol. The van der Waals surface area contributed by atoms with E-state index in [1.807, 2.05) is 4.90 Å². The summed E-state index contributed by atoms with van der Waals surface area (Å²) in [6, 6.07) is 2.39. The number of carbonyl (C=O) groups is 1. The molecule has 146 valence electrons. The lowest BCUT2D eigenvalue weighted by atomic mass is 10.1. The first kappa shape index (κ1) is 19.6. The summed E-state index contributed by atoms with van der Waals surface area (Å²) >= 11 is 1.70. The number of amides is 2. The SMILES string of the molecule is CCN(CC)[C@H](CNC(=O)N1CCN(c2cnccn2)CC1)c1ccsc1. The molecule has 0 saturated carbocycles. The van der Waals surface area contributed by atoms with Gasteiger partial charge in [0.05, 0.1) is 12.2 Å². The van der Waals surface area contributed by atoms with Crippen molar-refractivity contribution in [1.82, 2.24) is 25.1 Å². The number of piperazine rings is 1. The van der Waals surface area contributed by atoms with Gasteiger partial charge in [0.1, 0.15) is 5.82 Å². The average Bonchev–Trinajstić information content (AvgIpc) is 3.26. The standard InChI is InChI=1S/C19H28N6OS/c1-3-23(4-2)17(16-5-12-27-15-16)13-22-19(26)25-10-8-24(9-11-25)18-14-20-6-7-21-18/h5-7,12,14-15,17H,3-4,8-11,13H2,1-2H3,(H,22,26)/t17-/m1/s1. The summed E-state index contributed by atoms with van der Waals surface area (Å²) in [6.45, 7) is 9.81. The lowest BCUT2D eigenvalue weighted by Crippen LogP contribution is -2.53. The highest BCUT2D eigenvalue weighted by molar-refractivity contribution is 7.07. The summed E-state index contributed by atoms with van der Waals surface area (Å²) in [5.74, 6) is 0.872. The molecule has 3 heterocycles. The molecule has 2 aromatic heterocycles. The molecule has 2 aromatic rings. The number of aromatic nitrogens is 2. The third-order valence-corrected chi connectivity index (χ3v) is 5.77. The minimum atomic E-state index is 0.0150. The van der Waals surface area contributed by atoms with E-state index in [-0.39, 0.29) is 12.1 Å². The Hall–Kier alpha value is -2.19. The van der Waals surface area contributed by atoms with Gasteiger partial charge in [-0.15, -0.1) is 0 Å². The molecule has 0 aromatic carbocycles. The van der Waals surface area contributed by atoms with Crippen LogP contribution in [0.4, 0.5) is 10.6 Å². The zero-order valence-corrected chi connectivity index (χ0v) is 16.9. The summed E-state index contributed by atoms with van der Waals surface area (Å²) in [5, 5.41) is 7.42. The second-order valence-electron chi connectivity index (χ2n) is 6.52. The number of likely N-dealkylation sites (N-methyl/N-ethyl adjacent to an activating group) is 1. The number of hydrogen-bond donors (Lipinski definition) is 1. The predicted octanol–water partition coefficient (Wildman–Crippen LogP) is 2.45. The van der Waals surface area contributed by atoms with Crippen molar-refractivity contribution in [2.45, 2.75) is 19.9 Å². The number of anilines is 1. The Labute approximate surface area is 165 Å². The van der Waals surface area contributed by atoms with Crippen LogP contribution in [0, 0.1) is 0 Å². The summed E-state index contributed by atoms with van der Waals surface area (Å²) < 4.78 is 0. The van der Waals surface area contributed by atoms with E-state index >= 15 is 0 Å². The fraction of sp³-hybridized carbons (Fsp3) is 0.526. The van der Waals surface area contributed by atoms with E-state index in [2.05, 4.69) is 55.8 Å². The molecule has 0 radical (unpaired) electrons. The van der Waals surface area contributed by atoms with Gasteiger partial charge in [0, 0.05) is 45.1 Å². The maximum Gasteiger partial charge on any atom is 0.317 e. The highest BCUT2D eigenvalue weighted by Gasteiger charge is 2.24. The topological polar surface area (TPSA) is 64.6 Å². The van der Waals surface area contributed by atoms with Crippen molar-refractivity contribution in [2.24, 2.45) is 0 Å². The van der Waals surface area contributed by atoms with Gasteiger partial charge in [-0.3, -0.25) is 9.88 Å². The molecule has 7 nitrogen and oxygen atoms in total. The third kappa shape index (κ3) is 4.95. The number of rotatable bonds is 7. The van der Waals surface area contributed by atoms with E-state index in [4.69, 9.17) is 0 Å². The quantitative estimate of drug-likeness (QED) is 0.789. The highest BCUT2D eigenvalue weighted by Crippen LogP contribution is 2.22. The van der Waals surface area contributed by atoms with Crippen molar-refractivity contribution >= 4 is 23.2 Å². The van der Waals surface area contributed by atoms with E-state index in [9.17, 15) is 4.79 Å². The molecule has 0 bridgehead atoms. The van der Waals surface area contributed by atoms with Crippen LogP contribution in [0.2, 0.25) is 0 Å². The Morgan fingerprint density at radius 3 is 2.63 bits per heavy atom. The van der Waals surface area contributed by atoms with Crippen molar-refractivity contribution in [2.75, 3.05) is 50.7 Å². The van der Waals surface area contributed by atoms with E-state index in [1.54, 1.807) is 29.9 Å². The van der Waals surface area contributed by atoms with Crippen LogP contribution in [-0.2, 0) is 0 Å².